The molecular formula is C15H20F2N2O. The molecule has 1 aromatic rings. The fourth-order valence-corrected chi connectivity index (χ4v) is 2.84. The second-order valence-corrected chi connectivity index (χ2v) is 5.34. The lowest BCUT2D eigenvalue weighted by molar-refractivity contribution is -0.121. The lowest BCUT2D eigenvalue weighted by atomic mass is 9.98. The standard InChI is InChI=1S/C15H20F2N2O/c16-12-7-3-6-11(15(12)17)8-14(20)19-13(9-18)10-4-1-2-5-10/h3,6-7,10,13H,1-2,4-5,8-9,18H2,(H,19,20). The average Bonchev–Trinajstić information content (AvgIpc) is 2.95. The Morgan fingerprint density at radius 3 is 2.70 bits per heavy atom. The minimum Gasteiger partial charge on any atom is -0.352 e. The van der Waals surface area contributed by atoms with E-state index in [1.165, 1.54) is 12.1 Å². The van der Waals surface area contributed by atoms with Gasteiger partial charge in [0.1, 0.15) is 0 Å². The van der Waals surface area contributed by atoms with Crippen molar-refractivity contribution in [3.05, 3.63) is 35.4 Å². The summed E-state index contributed by atoms with van der Waals surface area (Å²) >= 11 is 0. The molecular weight excluding hydrogens is 262 g/mol. The highest BCUT2D eigenvalue weighted by atomic mass is 19.2. The molecule has 0 heterocycles. The van der Waals surface area contributed by atoms with E-state index >= 15 is 0 Å². The van der Waals surface area contributed by atoms with E-state index in [2.05, 4.69) is 5.32 Å². The van der Waals surface area contributed by atoms with Gasteiger partial charge >= 0.3 is 0 Å². The number of benzene rings is 1. The fourth-order valence-electron chi connectivity index (χ4n) is 2.84. The molecule has 0 aliphatic heterocycles. The second-order valence-electron chi connectivity index (χ2n) is 5.34. The lowest BCUT2D eigenvalue weighted by Gasteiger charge is -2.23. The third-order valence-corrected chi connectivity index (χ3v) is 3.95. The minimum absolute atomic E-state index is 0.0679. The van der Waals surface area contributed by atoms with E-state index in [4.69, 9.17) is 5.73 Å². The van der Waals surface area contributed by atoms with Crippen LogP contribution in [0, 0.1) is 17.6 Å². The van der Waals surface area contributed by atoms with Gasteiger partial charge < -0.3 is 11.1 Å². The number of amides is 1. The normalized spacial score (nSPS) is 17.1. The van der Waals surface area contributed by atoms with Crippen molar-refractivity contribution in [3.8, 4) is 0 Å². The summed E-state index contributed by atoms with van der Waals surface area (Å²) in [6, 6.07) is 3.79. The Balaban J connectivity index is 1.95. The first-order chi connectivity index (χ1) is 9.61. The van der Waals surface area contributed by atoms with Crippen LogP contribution in [-0.4, -0.2) is 18.5 Å². The molecule has 0 radical (unpaired) electrons. The third kappa shape index (κ3) is 3.54. The Bertz CT molecular complexity index is 473. The van der Waals surface area contributed by atoms with Gasteiger partial charge in [-0.1, -0.05) is 25.0 Å². The first kappa shape index (κ1) is 14.9. The Labute approximate surface area is 117 Å². The van der Waals surface area contributed by atoms with Crippen molar-refractivity contribution in [1.82, 2.24) is 5.32 Å². The highest BCUT2D eigenvalue weighted by molar-refractivity contribution is 5.79. The van der Waals surface area contributed by atoms with Gasteiger partial charge in [-0.05, 0) is 24.8 Å². The second kappa shape index (κ2) is 6.79. The van der Waals surface area contributed by atoms with Crippen molar-refractivity contribution in [2.75, 3.05) is 6.54 Å². The van der Waals surface area contributed by atoms with Crippen LogP contribution in [0.15, 0.2) is 18.2 Å². The zero-order chi connectivity index (χ0) is 14.5. The Kier molecular flexibility index (Phi) is 5.06. The number of hydrogen-bond acceptors (Lipinski definition) is 2. The highest BCUT2D eigenvalue weighted by Crippen LogP contribution is 2.27. The van der Waals surface area contributed by atoms with Crippen molar-refractivity contribution < 1.29 is 13.6 Å². The van der Waals surface area contributed by atoms with E-state index in [0.29, 0.717) is 12.5 Å². The van der Waals surface area contributed by atoms with Gasteiger partial charge in [-0.3, -0.25) is 4.79 Å². The number of halogens is 2. The maximum absolute atomic E-state index is 13.5. The highest BCUT2D eigenvalue weighted by Gasteiger charge is 2.25. The third-order valence-electron chi connectivity index (χ3n) is 3.95. The summed E-state index contributed by atoms with van der Waals surface area (Å²) in [6.07, 6.45) is 4.30. The SMILES string of the molecule is NCC(NC(=O)Cc1cccc(F)c1F)C1CCCC1. The van der Waals surface area contributed by atoms with Gasteiger partial charge in [-0.25, -0.2) is 8.78 Å². The van der Waals surface area contributed by atoms with Crippen molar-refractivity contribution in [2.45, 2.75) is 38.1 Å². The van der Waals surface area contributed by atoms with E-state index in [-0.39, 0.29) is 23.9 Å². The summed E-state index contributed by atoms with van der Waals surface area (Å²) in [5.74, 6) is -1.78. The molecule has 0 aromatic heterocycles. The Hall–Kier alpha value is -1.49. The zero-order valence-electron chi connectivity index (χ0n) is 11.4. The van der Waals surface area contributed by atoms with Crippen molar-refractivity contribution in [3.63, 3.8) is 0 Å². The van der Waals surface area contributed by atoms with Crippen LogP contribution in [-0.2, 0) is 11.2 Å². The molecule has 1 saturated carbocycles. The average molecular weight is 282 g/mol. The molecule has 0 saturated heterocycles. The quantitative estimate of drug-likeness (QED) is 0.869. The van der Waals surface area contributed by atoms with Crippen LogP contribution in [0.1, 0.15) is 31.2 Å². The van der Waals surface area contributed by atoms with Crippen molar-refractivity contribution in [1.29, 1.82) is 0 Å². The monoisotopic (exact) mass is 282 g/mol. The maximum atomic E-state index is 13.5. The molecule has 1 aliphatic rings. The van der Waals surface area contributed by atoms with Gasteiger partial charge in [-0.15, -0.1) is 0 Å². The Morgan fingerprint density at radius 2 is 2.05 bits per heavy atom. The van der Waals surface area contributed by atoms with Crippen LogP contribution in [0.2, 0.25) is 0 Å². The van der Waals surface area contributed by atoms with Gasteiger partial charge in [0, 0.05) is 18.2 Å². The van der Waals surface area contributed by atoms with Gasteiger partial charge in [0.2, 0.25) is 5.91 Å². The van der Waals surface area contributed by atoms with Crippen LogP contribution in [0.5, 0.6) is 0 Å². The molecule has 110 valence electrons. The van der Waals surface area contributed by atoms with E-state index in [1.54, 1.807) is 0 Å². The predicted molar refractivity (Wildman–Crippen MR) is 73.0 cm³/mol. The smallest absolute Gasteiger partial charge is 0.224 e. The molecule has 1 unspecified atom stereocenters. The minimum atomic E-state index is -0.951. The van der Waals surface area contributed by atoms with Gasteiger partial charge in [0.15, 0.2) is 11.6 Å². The molecule has 2 rings (SSSR count). The molecule has 0 bridgehead atoms. The number of nitrogens with one attached hydrogen (secondary N) is 1. The number of nitrogens with two attached hydrogens (primary N) is 1. The molecule has 1 amide bonds. The number of hydrogen-bond donors (Lipinski definition) is 2. The molecule has 1 fully saturated rings. The molecule has 1 aromatic carbocycles. The molecule has 1 aliphatic carbocycles. The van der Waals surface area contributed by atoms with Crippen LogP contribution in [0.4, 0.5) is 8.78 Å². The van der Waals surface area contributed by atoms with E-state index in [1.807, 2.05) is 0 Å². The van der Waals surface area contributed by atoms with E-state index in [0.717, 1.165) is 31.7 Å². The predicted octanol–water partition coefficient (Wildman–Crippen LogP) is 2.14. The number of carbonyl (C=O) groups is 1. The van der Waals surface area contributed by atoms with Crippen LogP contribution in [0.25, 0.3) is 0 Å². The Morgan fingerprint density at radius 1 is 1.35 bits per heavy atom. The molecule has 3 N–H and O–H groups in total. The number of rotatable bonds is 5. The van der Waals surface area contributed by atoms with Crippen molar-refractivity contribution >= 4 is 5.91 Å². The summed E-state index contributed by atoms with van der Waals surface area (Å²) in [5, 5.41) is 2.85. The first-order valence-electron chi connectivity index (χ1n) is 7.04. The van der Waals surface area contributed by atoms with Gasteiger partial charge in [-0.2, -0.15) is 0 Å². The van der Waals surface area contributed by atoms with Crippen LogP contribution < -0.4 is 11.1 Å². The fraction of sp³-hybridized carbons (Fsp3) is 0.533. The van der Waals surface area contributed by atoms with Gasteiger partial charge in [0.05, 0.1) is 6.42 Å². The van der Waals surface area contributed by atoms with Gasteiger partial charge in [0.25, 0.3) is 0 Å². The number of carbonyl (C=O) groups excluding carboxylic acids is 1. The maximum Gasteiger partial charge on any atom is 0.224 e. The van der Waals surface area contributed by atoms with E-state index in [9.17, 15) is 13.6 Å². The topological polar surface area (TPSA) is 55.1 Å². The zero-order valence-corrected chi connectivity index (χ0v) is 11.4. The first-order valence-corrected chi connectivity index (χ1v) is 7.04. The molecule has 0 spiro atoms. The summed E-state index contributed by atoms with van der Waals surface area (Å²) in [7, 11) is 0. The lowest BCUT2D eigenvalue weighted by Crippen LogP contribution is -2.45. The van der Waals surface area contributed by atoms with E-state index < -0.39 is 11.6 Å². The summed E-state index contributed by atoms with van der Waals surface area (Å²) in [6.45, 7) is 0.377. The summed E-state index contributed by atoms with van der Waals surface area (Å²) in [5.41, 5.74) is 5.77. The molecule has 5 heteroatoms. The molecule has 20 heavy (non-hydrogen) atoms. The largest absolute Gasteiger partial charge is 0.352 e. The summed E-state index contributed by atoms with van der Waals surface area (Å²) < 4.78 is 26.6. The molecule has 3 nitrogen and oxygen atoms in total. The van der Waals surface area contributed by atoms with Crippen molar-refractivity contribution in [2.24, 2.45) is 11.7 Å². The summed E-state index contributed by atoms with van der Waals surface area (Å²) in [4.78, 5) is 11.9. The van der Waals surface area contributed by atoms with Crippen LogP contribution in [0.3, 0.4) is 0 Å². The van der Waals surface area contributed by atoms with Crippen LogP contribution >= 0.6 is 0 Å². The molecule has 1 atom stereocenters.